The molecule has 1 fully saturated rings. The van der Waals surface area contributed by atoms with Crippen molar-refractivity contribution in [2.45, 2.75) is 45.6 Å². The van der Waals surface area contributed by atoms with E-state index in [1.807, 2.05) is 0 Å². The zero-order valence-corrected chi connectivity index (χ0v) is 10.6. The van der Waals surface area contributed by atoms with Crippen LogP contribution in [0.5, 0.6) is 0 Å². The highest BCUT2D eigenvalue weighted by Crippen LogP contribution is 2.17. The molecule has 0 spiro atoms. The molecule has 1 saturated heterocycles. The normalized spacial score (nSPS) is 19.7. The van der Waals surface area contributed by atoms with Crippen LogP contribution in [0.2, 0.25) is 0 Å². The van der Waals surface area contributed by atoms with E-state index in [1.165, 1.54) is 4.90 Å². The number of hydrogen-bond acceptors (Lipinski definition) is 2. The van der Waals surface area contributed by atoms with Crippen LogP contribution in [0.4, 0.5) is 4.79 Å². The van der Waals surface area contributed by atoms with Crippen molar-refractivity contribution < 1.29 is 14.7 Å². The SMILES string of the molecule is CC(C)CCCNC(=O)N1CCC[C@H]1C(=O)O. The largest absolute Gasteiger partial charge is 0.480 e. The maximum absolute atomic E-state index is 11.8. The number of rotatable bonds is 5. The van der Waals surface area contributed by atoms with Crippen molar-refractivity contribution in [2.75, 3.05) is 13.1 Å². The number of nitrogens with one attached hydrogen (secondary N) is 1. The van der Waals surface area contributed by atoms with E-state index in [1.54, 1.807) is 0 Å². The number of hydrogen-bond donors (Lipinski definition) is 2. The molecular formula is C12H22N2O3. The summed E-state index contributed by atoms with van der Waals surface area (Å²) in [7, 11) is 0. The van der Waals surface area contributed by atoms with Crippen LogP contribution in [-0.2, 0) is 4.79 Å². The lowest BCUT2D eigenvalue weighted by atomic mass is 10.1. The lowest BCUT2D eigenvalue weighted by Gasteiger charge is -2.21. The molecule has 1 atom stereocenters. The molecule has 0 unspecified atom stereocenters. The summed E-state index contributed by atoms with van der Waals surface area (Å²) in [6.07, 6.45) is 3.35. The monoisotopic (exact) mass is 242 g/mol. The van der Waals surface area contributed by atoms with Gasteiger partial charge in [0, 0.05) is 13.1 Å². The van der Waals surface area contributed by atoms with Crippen LogP contribution in [-0.4, -0.2) is 41.1 Å². The second-order valence-corrected chi connectivity index (χ2v) is 4.96. The molecule has 1 rings (SSSR count). The van der Waals surface area contributed by atoms with Gasteiger partial charge in [0.05, 0.1) is 0 Å². The van der Waals surface area contributed by atoms with Gasteiger partial charge in [0.25, 0.3) is 0 Å². The number of likely N-dealkylation sites (tertiary alicyclic amines) is 1. The lowest BCUT2D eigenvalue weighted by Crippen LogP contribution is -2.46. The summed E-state index contributed by atoms with van der Waals surface area (Å²) in [4.78, 5) is 24.1. The van der Waals surface area contributed by atoms with Crippen molar-refractivity contribution in [1.82, 2.24) is 10.2 Å². The van der Waals surface area contributed by atoms with Crippen molar-refractivity contribution >= 4 is 12.0 Å². The fraction of sp³-hybridized carbons (Fsp3) is 0.833. The molecular weight excluding hydrogens is 220 g/mol. The smallest absolute Gasteiger partial charge is 0.326 e. The average molecular weight is 242 g/mol. The molecule has 0 aromatic carbocycles. The van der Waals surface area contributed by atoms with E-state index in [9.17, 15) is 9.59 Å². The topological polar surface area (TPSA) is 69.6 Å². The average Bonchev–Trinajstić information content (AvgIpc) is 2.72. The highest BCUT2D eigenvalue weighted by Gasteiger charge is 2.33. The first kappa shape index (κ1) is 13.8. The van der Waals surface area contributed by atoms with Gasteiger partial charge in [-0.05, 0) is 31.6 Å². The van der Waals surface area contributed by atoms with E-state index in [-0.39, 0.29) is 6.03 Å². The molecule has 98 valence electrons. The summed E-state index contributed by atoms with van der Waals surface area (Å²) in [5, 5.41) is 11.7. The molecule has 0 aromatic rings. The summed E-state index contributed by atoms with van der Waals surface area (Å²) in [6.45, 7) is 5.46. The summed E-state index contributed by atoms with van der Waals surface area (Å²) >= 11 is 0. The maximum Gasteiger partial charge on any atom is 0.326 e. The van der Waals surface area contributed by atoms with Gasteiger partial charge in [0.1, 0.15) is 6.04 Å². The number of carbonyl (C=O) groups is 2. The van der Waals surface area contributed by atoms with E-state index in [2.05, 4.69) is 19.2 Å². The van der Waals surface area contributed by atoms with Gasteiger partial charge >= 0.3 is 12.0 Å². The number of carboxylic acid groups (broad SMARTS) is 1. The van der Waals surface area contributed by atoms with E-state index >= 15 is 0 Å². The Kier molecular flexibility index (Phi) is 5.25. The molecule has 1 aliphatic rings. The van der Waals surface area contributed by atoms with Crippen molar-refractivity contribution in [2.24, 2.45) is 5.92 Å². The van der Waals surface area contributed by atoms with Crippen LogP contribution < -0.4 is 5.32 Å². The summed E-state index contributed by atoms with van der Waals surface area (Å²) in [6, 6.07) is -0.876. The zero-order valence-electron chi connectivity index (χ0n) is 10.6. The number of amides is 2. The summed E-state index contributed by atoms with van der Waals surface area (Å²) < 4.78 is 0. The first-order chi connectivity index (χ1) is 8.02. The summed E-state index contributed by atoms with van der Waals surface area (Å²) in [5.41, 5.74) is 0. The standard InChI is InChI=1S/C12H22N2O3/c1-9(2)5-3-7-13-12(17)14-8-4-6-10(14)11(15)16/h9-10H,3-8H2,1-2H3,(H,13,17)(H,15,16)/t10-/m0/s1. The van der Waals surface area contributed by atoms with E-state index in [0.29, 0.717) is 25.4 Å². The second-order valence-electron chi connectivity index (χ2n) is 4.96. The second kappa shape index (κ2) is 6.47. The van der Waals surface area contributed by atoms with Crippen LogP contribution in [0, 0.1) is 5.92 Å². The molecule has 1 heterocycles. The minimum atomic E-state index is -0.903. The first-order valence-electron chi connectivity index (χ1n) is 6.29. The third kappa shape index (κ3) is 4.24. The molecule has 0 saturated carbocycles. The quantitative estimate of drug-likeness (QED) is 0.721. The Morgan fingerprint density at radius 2 is 2.18 bits per heavy atom. The van der Waals surface area contributed by atoms with Gasteiger partial charge in [0.2, 0.25) is 0 Å². The lowest BCUT2D eigenvalue weighted by molar-refractivity contribution is -0.141. The Labute approximate surface area is 102 Å². The van der Waals surface area contributed by atoms with Crippen LogP contribution in [0.15, 0.2) is 0 Å². The Bertz CT molecular complexity index is 279. The Morgan fingerprint density at radius 1 is 1.47 bits per heavy atom. The van der Waals surface area contributed by atoms with Crippen molar-refractivity contribution in [1.29, 1.82) is 0 Å². The molecule has 2 amide bonds. The number of carbonyl (C=O) groups excluding carboxylic acids is 1. The number of carboxylic acids is 1. The third-order valence-corrected chi connectivity index (χ3v) is 3.03. The van der Waals surface area contributed by atoms with Crippen molar-refractivity contribution in [3.05, 3.63) is 0 Å². The van der Waals surface area contributed by atoms with Crippen molar-refractivity contribution in [3.8, 4) is 0 Å². The van der Waals surface area contributed by atoms with Gasteiger partial charge < -0.3 is 15.3 Å². The third-order valence-electron chi connectivity index (χ3n) is 3.03. The Morgan fingerprint density at radius 3 is 2.76 bits per heavy atom. The molecule has 5 nitrogen and oxygen atoms in total. The highest BCUT2D eigenvalue weighted by molar-refractivity contribution is 5.83. The number of nitrogens with zero attached hydrogens (tertiary/aromatic N) is 1. The molecule has 1 aliphatic heterocycles. The minimum Gasteiger partial charge on any atom is -0.480 e. The van der Waals surface area contributed by atoms with Crippen LogP contribution in [0.1, 0.15) is 39.5 Å². The molecule has 0 aliphatic carbocycles. The van der Waals surface area contributed by atoms with Gasteiger partial charge in [-0.1, -0.05) is 13.8 Å². The highest BCUT2D eigenvalue weighted by atomic mass is 16.4. The van der Waals surface area contributed by atoms with Gasteiger partial charge in [-0.2, -0.15) is 0 Å². The van der Waals surface area contributed by atoms with Crippen LogP contribution >= 0.6 is 0 Å². The number of aliphatic carboxylic acids is 1. The maximum atomic E-state index is 11.8. The molecule has 5 heteroatoms. The summed E-state index contributed by atoms with van der Waals surface area (Å²) in [5.74, 6) is -0.273. The van der Waals surface area contributed by atoms with Crippen molar-refractivity contribution in [3.63, 3.8) is 0 Å². The van der Waals surface area contributed by atoms with E-state index in [0.717, 1.165) is 19.3 Å². The fourth-order valence-corrected chi connectivity index (χ4v) is 2.07. The van der Waals surface area contributed by atoms with Crippen LogP contribution in [0.3, 0.4) is 0 Å². The Balaban J connectivity index is 2.29. The fourth-order valence-electron chi connectivity index (χ4n) is 2.07. The molecule has 17 heavy (non-hydrogen) atoms. The van der Waals surface area contributed by atoms with Gasteiger partial charge in [0.15, 0.2) is 0 Å². The Hall–Kier alpha value is -1.26. The molecule has 0 bridgehead atoms. The zero-order chi connectivity index (χ0) is 12.8. The minimum absolute atomic E-state index is 0.237. The first-order valence-corrected chi connectivity index (χ1v) is 6.29. The number of urea groups is 1. The molecule has 0 aromatic heterocycles. The van der Waals surface area contributed by atoms with E-state index < -0.39 is 12.0 Å². The van der Waals surface area contributed by atoms with Gasteiger partial charge in [-0.25, -0.2) is 9.59 Å². The van der Waals surface area contributed by atoms with Gasteiger partial charge in [-0.3, -0.25) is 0 Å². The predicted octanol–water partition coefficient (Wildman–Crippen LogP) is 1.68. The molecule has 2 N–H and O–H groups in total. The molecule has 0 radical (unpaired) electrons. The van der Waals surface area contributed by atoms with Crippen LogP contribution in [0.25, 0.3) is 0 Å². The van der Waals surface area contributed by atoms with Gasteiger partial charge in [-0.15, -0.1) is 0 Å². The predicted molar refractivity (Wildman–Crippen MR) is 64.8 cm³/mol. The van der Waals surface area contributed by atoms with E-state index in [4.69, 9.17) is 5.11 Å².